The fraction of sp³-hybridized carbons (Fsp3) is 0.462. The van der Waals surface area contributed by atoms with Crippen molar-refractivity contribution in [2.75, 3.05) is 0 Å². The summed E-state index contributed by atoms with van der Waals surface area (Å²) in [6.45, 7) is 1.87. The number of amides is 1. The van der Waals surface area contributed by atoms with Gasteiger partial charge in [-0.1, -0.05) is 17.7 Å². The molecule has 1 saturated carbocycles. The second-order valence-electron chi connectivity index (χ2n) is 4.47. The van der Waals surface area contributed by atoms with Crippen molar-refractivity contribution in [3.8, 4) is 0 Å². The highest BCUT2D eigenvalue weighted by atomic mass is 35.5. The monoisotopic (exact) mass is 287 g/mol. The van der Waals surface area contributed by atoms with Gasteiger partial charge in [0.05, 0.1) is 5.25 Å². The van der Waals surface area contributed by atoms with Crippen molar-refractivity contribution < 1.29 is 9.18 Å². The third-order valence-corrected chi connectivity index (χ3v) is 4.34. The van der Waals surface area contributed by atoms with E-state index in [-0.39, 0.29) is 17.0 Å². The molecule has 0 spiro atoms. The zero-order valence-corrected chi connectivity index (χ0v) is 11.7. The number of rotatable bonds is 5. The van der Waals surface area contributed by atoms with Gasteiger partial charge < -0.3 is 5.32 Å². The first-order valence-electron chi connectivity index (χ1n) is 5.92. The number of benzene rings is 1. The van der Waals surface area contributed by atoms with Crippen molar-refractivity contribution in [2.45, 2.75) is 36.8 Å². The lowest BCUT2D eigenvalue weighted by Gasteiger charge is -2.12. The number of halogens is 2. The van der Waals surface area contributed by atoms with Gasteiger partial charge in [0, 0.05) is 16.8 Å². The molecule has 1 amide bonds. The molecule has 1 fully saturated rings. The summed E-state index contributed by atoms with van der Waals surface area (Å²) in [5.74, 6) is 0.340. The summed E-state index contributed by atoms with van der Waals surface area (Å²) in [6.07, 6.45) is 2.18. The van der Waals surface area contributed by atoms with Crippen LogP contribution in [0.4, 0.5) is 4.39 Å². The summed E-state index contributed by atoms with van der Waals surface area (Å²) in [5.41, 5.74) is 0.856. The van der Waals surface area contributed by atoms with Crippen LogP contribution in [0.1, 0.15) is 25.3 Å². The first-order chi connectivity index (χ1) is 8.56. The van der Waals surface area contributed by atoms with Crippen LogP contribution in [0.25, 0.3) is 0 Å². The average Bonchev–Trinajstić information content (AvgIpc) is 3.11. The van der Waals surface area contributed by atoms with E-state index in [2.05, 4.69) is 5.32 Å². The van der Waals surface area contributed by atoms with Gasteiger partial charge in [0.15, 0.2) is 0 Å². The third kappa shape index (κ3) is 3.89. The van der Waals surface area contributed by atoms with Crippen LogP contribution in [-0.4, -0.2) is 17.2 Å². The SMILES string of the molecule is C[C@H](SCc1ccc(F)cc1Cl)C(=O)NC1CC1. The van der Waals surface area contributed by atoms with Gasteiger partial charge in [0.1, 0.15) is 5.82 Å². The van der Waals surface area contributed by atoms with Crippen LogP contribution in [-0.2, 0) is 10.5 Å². The summed E-state index contributed by atoms with van der Waals surface area (Å²) >= 11 is 7.44. The van der Waals surface area contributed by atoms with Crippen LogP contribution in [0, 0.1) is 5.82 Å². The molecule has 1 aliphatic rings. The summed E-state index contributed by atoms with van der Waals surface area (Å²) in [5, 5.41) is 3.26. The van der Waals surface area contributed by atoms with E-state index in [9.17, 15) is 9.18 Å². The van der Waals surface area contributed by atoms with Gasteiger partial charge in [0.2, 0.25) is 5.91 Å². The lowest BCUT2D eigenvalue weighted by atomic mass is 10.2. The highest BCUT2D eigenvalue weighted by molar-refractivity contribution is 7.99. The van der Waals surface area contributed by atoms with E-state index in [0.29, 0.717) is 16.8 Å². The van der Waals surface area contributed by atoms with E-state index >= 15 is 0 Å². The van der Waals surface area contributed by atoms with Crippen LogP contribution in [0.2, 0.25) is 5.02 Å². The van der Waals surface area contributed by atoms with Crippen LogP contribution in [0.15, 0.2) is 18.2 Å². The molecule has 0 bridgehead atoms. The molecule has 0 radical (unpaired) electrons. The number of hydrogen-bond donors (Lipinski definition) is 1. The van der Waals surface area contributed by atoms with E-state index < -0.39 is 0 Å². The first kappa shape index (κ1) is 13.7. The van der Waals surface area contributed by atoms with E-state index in [4.69, 9.17) is 11.6 Å². The van der Waals surface area contributed by atoms with E-state index in [1.165, 1.54) is 23.9 Å². The fourth-order valence-corrected chi connectivity index (χ4v) is 2.69. The van der Waals surface area contributed by atoms with E-state index in [1.54, 1.807) is 6.07 Å². The lowest BCUT2D eigenvalue weighted by Crippen LogP contribution is -2.32. The molecule has 5 heteroatoms. The molecule has 1 N–H and O–H groups in total. The van der Waals surface area contributed by atoms with Gasteiger partial charge in [-0.2, -0.15) is 0 Å². The maximum absolute atomic E-state index is 12.9. The number of hydrogen-bond acceptors (Lipinski definition) is 2. The molecule has 1 aromatic carbocycles. The molecule has 0 saturated heterocycles. The minimum absolute atomic E-state index is 0.0701. The first-order valence-corrected chi connectivity index (χ1v) is 7.35. The van der Waals surface area contributed by atoms with Crippen molar-refractivity contribution in [1.29, 1.82) is 0 Å². The summed E-state index contributed by atoms with van der Waals surface area (Å²) in [4.78, 5) is 11.7. The minimum Gasteiger partial charge on any atom is -0.352 e. The fourth-order valence-electron chi connectivity index (χ4n) is 1.48. The number of carbonyl (C=O) groups excluding carboxylic acids is 1. The highest BCUT2D eigenvalue weighted by Crippen LogP contribution is 2.25. The Labute approximate surface area is 115 Å². The maximum atomic E-state index is 12.9. The minimum atomic E-state index is -0.340. The molecular weight excluding hydrogens is 273 g/mol. The predicted molar refractivity (Wildman–Crippen MR) is 73.3 cm³/mol. The molecule has 98 valence electrons. The molecular formula is C13H15ClFNOS. The van der Waals surface area contributed by atoms with Crippen LogP contribution in [0.3, 0.4) is 0 Å². The molecule has 0 aromatic heterocycles. The molecule has 0 aliphatic heterocycles. The molecule has 0 heterocycles. The van der Waals surface area contributed by atoms with Crippen molar-refractivity contribution in [2.24, 2.45) is 0 Å². The Morgan fingerprint density at radius 2 is 2.33 bits per heavy atom. The van der Waals surface area contributed by atoms with Gasteiger partial charge in [-0.05, 0) is 37.5 Å². The van der Waals surface area contributed by atoms with Gasteiger partial charge in [-0.15, -0.1) is 11.8 Å². The largest absolute Gasteiger partial charge is 0.352 e. The molecule has 1 aromatic rings. The predicted octanol–water partition coefficient (Wildman–Crippen LogP) is 3.38. The molecule has 0 unspecified atom stereocenters. The Bertz CT molecular complexity index is 451. The summed E-state index contributed by atoms with van der Waals surface area (Å²) in [7, 11) is 0. The quantitative estimate of drug-likeness (QED) is 0.899. The van der Waals surface area contributed by atoms with Gasteiger partial charge in [0.25, 0.3) is 0 Å². The van der Waals surface area contributed by atoms with Crippen molar-refractivity contribution in [3.05, 3.63) is 34.6 Å². The number of thioether (sulfide) groups is 1. The number of nitrogens with one attached hydrogen (secondary N) is 1. The number of carbonyl (C=O) groups is 1. The van der Waals surface area contributed by atoms with Gasteiger partial charge >= 0.3 is 0 Å². The topological polar surface area (TPSA) is 29.1 Å². The Morgan fingerprint density at radius 1 is 1.61 bits per heavy atom. The van der Waals surface area contributed by atoms with Crippen LogP contribution in [0.5, 0.6) is 0 Å². The summed E-state index contributed by atoms with van der Waals surface area (Å²) in [6, 6.07) is 4.73. The van der Waals surface area contributed by atoms with Crippen molar-refractivity contribution in [1.82, 2.24) is 5.32 Å². The van der Waals surface area contributed by atoms with Crippen molar-refractivity contribution >= 4 is 29.3 Å². The Morgan fingerprint density at radius 3 is 2.94 bits per heavy atom. The van der Waals surface area contributed by atoms with E-state index in [0.717, 1.165) is 18.4 Å². The standard InChI is InChI=1S/C13H15ClFNOS/c1-8(13(17)16-11-4-5-11)18-7-9-2-3-10(15)6-12(9)14/h2-3,6,8,11H,4-5,7H2,1H3,(H,16,17)/t8-/m0/s1. The Kier molecular flexibility index (Phi) is 4.51. The summed E-state index contributed by atoms with van der Waals surface area (Å²) < 4.78 is 12.9. The molecule has 1 atom stereocenters. The zero-order valence-electron chi connectivity index (χ0n) is 10.1. The zero-order chi connectivity index (χ0) is 13.1. The van der Waals surface area contributed by atoms with Crippen LogP contribution < -0.4 is 5.32 Å². The second kappa shape index (κ2) is 5.93. The Hall–Kier alpha value is -0.740. The second-order valence-corrected chi connectivity index (χ2v) is 6.21. The maximum Gasteiger partial charge on any atom is 0.233 e. The molecule has 2 nitrogen and oxygen atoms in total. The molecule has 1 aliphatic carbocycles. The lowest BCUT2D eigenvalue weighted by molar-refractivity contribution is -0.120. The van der Waals surface area contributed by atoms with Gasteiger partial charge in [-0.3, -0.25) is 4.79 Å². The van der Waals surface area contributed by atoms with Gasteiger partial charge in [-0.25, -0.2) is 4.39 Å². The van der Waals surface area contributed by atoms with E-state index in [1.807, 2.05) is 6.92 Å². The molecule has 2 rings (SSSR count). The normalized spacial score (nSPS) is 16.4. The smallest absolute Gasteiger partial charge is 0.233 e. The molecule has 18 heavy (non-hydrogen) atoms. The third-order valence-electron chi connectivity index (χ3n) is 2.80. The average molecular weight is 288 g/mol. The van der Waals surface area contributed by atoms with Crippen LogP contribution >= 0.6 is 23.4 Å². The Balaban J connectivity index is 1.84. The highest BCUT2D eigenvalue weighted by Gasteiger charge is 2.25. The van der Waals surface area contributed by atoms with Crippen molar-refractivity contribution in [3.63, 3.8) is 0 Å².